The van der Waals surface area contributed by atoms with E-state index in [0.29, 0.717) is 18.5 Å². The Morgan fingerprint density at radius 3 is 2.71 bits per heavy atom. The molecule has 1 aromatic carbocycles. The summed E-state index contributed by atoms with van der Waals surface area (Å²) in [6, 6.07) is 3.87. The highest BCUT2D eigenvalue weighted by Crippen LogP contribution is 2.28. The van der Waals surface area contributed by atoms with E-state index < -0.39 is 0 Å². The van der Waals surface area contributed by atoms with Crippen LogP contribution in [0.25, 0.3) is 10.9 Å². The molecule has 0 atom stereocenters. The molecule has 2 heterocycles. The molecule has 0 spiro atoms. The molecule has 0 unspecified atom stereocenters. The summed E-state index contributed by atoms with van der Waals surface area (Å²) in [6.45, 7) is 5.88. The molecule has 0 aliphatic carbocycles. The smallest absolute Gasteiger partial charge is 0.259 e. The van der Waals surface area contributed by atoms with Crippen molar-refractivity contribution in [3.8, 4) is 0 Å². The molecule has 0 saturated carbocycles. The van der Waals surface area contributed by atoms with E-state index >= 15 is 0 Å². The first kappa shape index (κ1) is 14.3. The third kappa shape index (κ3) is 2.20. The van der Waals surface area contributed by atoms with Crippen molar-refractivity contribution in [1.82, 2.24) is 9.47 Å². The molecule has 1 aliphatic rings. The highest BCUT2D eigenvalue weighted by atomic mass is 79.9. The largest absolute Gasteiger partial charge is 0.346 e. The van der Waals surface area contributed by atoms with Gasteiger partial charge in [-0.3, -0.25) is 9.59 Å². The molecular formula is C16H17BrN2O2. The lowest BCUT2D eigenvalue weighted by atomic mass is 10.1. The molecule has 1 aromatic heterocycles. The fourth-order valence-electron chi connectivity index (χ4n) is 3.03. The first-order valence-electron chi connectivity index (χ1n) is 7.21. The molecule has 110 valence electrons. The molecule has 0 N–H and O–H groups in total. The molecule has 1 amide bonds. The van der Waals surface area contributed by atoms with Crippen molar-refractivity contribution >= 4 is 32.7 Å². The standard InChI is InChI=1S/C16H17BrN2O2/c1-3-18(4-2)16(21)13-9-19-6-5-10-7-11(17)8-12(14(10)19)15(13)20/h7-9H,3-6H2,1-2H3. The third-order valence-electron chi connectivity index (χ3n) is 4.12. The second-order valence-electron chi connectivity index (χ2n) is 5.25. The predicted molar refractivity (Wildman–Crippen MR) is 86.9 cm³/mol. The van der Waals surface area contributed by atoms with Crippen molar-refractivity contribution in [3.05, 3.63) is 44.2 Å². The maximum atomic E-state index is 12.7. The van der Waals surface area contributed by atoms with Gasteiger partial charge in [0.05, 0.1) is 5.52 Å². The average Bonchev–Trinajstić information content (AvgIpc) is 2.87. The molecule has 2 aromatic rings. The van der Waals surface area contributed by atoms with Crippen molar-refractivity contribution in [2.75, 3.05) is 13.1 Å². The van der Waals surface area contributed by atoms with Crippen molar-refractivity contribution in [2.24, 2.45) is 0 Å². The van der Waals surface area contributed by atoms with Crippen LogP contribution in [0.2, 0.25) is 0 Å². The van der Waals surface area contributed by atoms with Crippen LogP contribution in [0.5, 0.6) is 0 Å². The highest BCUT2D eigenvalue weighted by molar-refractivity contribution is 9.10. The molecular weight excluding hydrogens is 332 g/mol. The molecule has 1 aliphatic heterocycles. The number of amides is 1. The lowest BCUT2D eigenvalue weighted by Crippen LogP contribution is -2.34. The maximum absolute atomic E-state index is 12.7. The Balaban J connectivity index is 2.27. The number of hydrogen-bond donors (Lipinski definition) is 0. The van der Waals surface area contributed by atoms with Gasteiger partial charge >= 0.3 is 0 Å². The Labute approximate surface area is 131 Å². The predicted octanol–water partition coefficient (Wildman–Crippen LogP) is 2.80. The Morgan fingerprint density at radius 2 is 2.05 bits per heavy atom. The monoisotopic (exact) mass is 348 g/mol. The number of benzene rings is 1. The van der Waals surface area contributed by atoms with Gasteiger partial charge in [0, 0.05) is 35.7 Å². The van der Waals surface area contributed by atoms with Crippen LogP contribution in [0.1, 0.15) is 29.8 Å². The van der Waals surface area contributed by atoms with E-state index in [1.54, 1.807) is 11.1 Å². The Hall–Kier alpha value is -1.62. The van der Waals surface area contributed by atoms with E-state index in [1.807, 2.05) is 24.5 Å². The molecule has 21 heavy (non-hydrogen) atoms. The fraction of sp³-hybridized carbons (Fsp3) is 0.375. The molecule has 0 radical (unpaired) electrons. The highest BCUT2D eigenvalue weighted by Gasteiger charge is 2.23. The zero-order valence-electron chi connectivity index (χ0n) is 12.1. The second kappa shape index (κ2) is 5.30. The zero-order chi connectivity index (χ0) is 15.1. The van der Waals surface area contributed by atoms with E-state index in [1.165, 1.54) is 5.56 Å². The van der Waals surface area contributed by atoms with Gasteiger partial charge in [-0.15, -0.1) is 0 Å². The second-order valence-corrected chi connectivity index (χ2v) is 6.17. The summed E-state index contributed by atoms with van der Waals surface area (Å²) in [4.78, 5) is 26.9. The first-order chi connectivity index (χ1) is 10.1. The quantitative estimate of drug-likeness (QED) is 0.855. The topological polar surface area (TPSA) is 42.3 Å². The van der Waals surface area contributed by atoms with Crippen molar-refractivity contribution in [3.63, 3.8) is 0 Å². The number of carbonyl (C=O) groups is 1. The van der Waals surface area contributed by atoms with Crippen LogP contribution in [0.15, 0.2) is 27.6 Å². The van der Waals surface area contributed by atoms with Crippen molar-refractivity contribution in [1.29, 1.82) is 0 Å². The van der Waals surface area contributed by atoms with E-state index in [4.69, 9.17) is 0 Å². The van der Waals surface area contributed by atoms with Crippen LogP contribution < -0.4 is 5.43 Å². The third-order valence-corrected chi connectivity index (χ3v) is 4.58. The van der Waals surface area contributed by atoms with Gasteiger partial charge < -0.3 is 9.47 Å². The summed E-state index contributed by atoms with van der Waals surface area (Å²) in [6.07, 6.45) is 2.63. The number of pyridine rings is 1. The summed E-state index contributed by atoms with van der Waals surface area (Å²) in [5, 5.41) is 0.634. The van der Waals surface area contributed by atoms with E-state index in [-0.39, 0.29) is 16.9 Å². The molecule has 5 heteroatoms. The number of aryl methyl sites for hydroxylation is 2. The SMILES string of the molecule is CCN(CC)C(=O)c1cn2c3c(cc(Br)cc3c1=O)CC2. The Bertz CT molecular complexity index is 791. The van der Waals surface area contributed by atoms with Gasteiger partial charge in [-0.1, -0.05) is 15.9 Å². The number of carbonyl (C=O) groups excluding carboxylic acids is 1. The number of rotatable bonds is 3. The van der Waals surface area contributed by atoms with Crippen LogP contribution in [0.4, 0.5) is 0 Å². The number of halogens is 1. The van der Waals surface area contributed by atoms with Crippen LogP contribution in [-0.2, 0) is 13.0 Å². The normalized spacial score (nSPS) is 12.9. The van der Waals surface area contributed by atoms with E-state index in [9.17, 15) is 9.59 Å². The Kier molecular flexibility index (Phi) is 3.61. The van der Waals surface area contributed by atoms with Gasteiger partial charge in [0.25, 0.3) is 5.91 Å². The van der Waals surface area contributed by atoms with Gasteiger partial charge in [0.1, 0.15) is 5.56 Å². The number of hydrogen-bond acceptors (Lipinski definition) is 2. The summed E-state index contributed by atoms with van der Waals surface area (Å²) in [7, 11) is 0. The van der Waals surface area contributed by atoms with Crippen LogP contribution in [0.3, 0.4) is 0 Å². The molecule has 3 rings (SSSR count). The Morgan fingerprint density at radius 1 is 1.33 bits per heavy atom. The summed E-state index contributed by atoms with van der Waals surface area (Å²) in [5.74, 6) is -0.177. The minimum Gasteiger partial charge on any atom is -0.346 e. The summed E-state index contributed by atoms with van der Waals surface area (Å²) < 4.78 is 2.93. The lowest BCUT2D eigenvalue weighted by Gasteiger charge is -2.19. The number of aromatic nitrogens is 1. The molecule has 0 bridgehead atoms. The minimum absolute atomic E-state index is 0.164. The van der Waals surface area contributed by atoms with Gasteiger partial charge in [-0.25, -0.2) is 0 Å². The summed E-state index contributed by atoms with van der Waals surface area (Å²) >= 11 is 3.46. The van der Waals surface area contributed by atoms with E-state index in [0.717, 1.165) is 23.0 Å². The van der Waals surface area contributed by atoms with Crippen LogP contribution >= 0.6 is 15.9 Å². The van der Waals surface area contributed by atoms with Gasteiger partial charge in [0.2, 0.25) is 5.43 Å². The maximum Gasteiger partial charge on any atom is 0.259 e. The van der Waals surface area contributed by atoms with Crippen LogP contribution in [0, 0.1) is 0 Å². The fourth-order valence-corrected chi connectivity index (χ4v) is 3.54. The van der Waals surface area contributed by atoms with Gasteiger partial charge in [-0.05, 0) is 38.0 Å². The molecule has 0 fully saturated rings. The van der Waals surface area contributed by atoms with Crippen LogP contribution in [-0.4, -0.2) is 28.5 Å². The number of nitrogens with zero attached hydrogens (tertiary/aromatic N) is 2. The molecule has 0 saturated heterocycles. The average molecular weight is 349 g/mol. The van der Waals surface area contributed by atoms with Crippen molar-refractivity contribution in [2.45, 2.75) is 26.8 Å². The van der Waals surface area contributed by atoms with Crippen molar-refractivity contribution < 1.29 is 4.79 Å². The van der Waals surface area contributed by atoms with Gasteiger partial charge in [-0.2, -0.15) is 0 Å². The van der Waals surface area contributed by atoms with Gasteiger partial charge in [0.15, 0.2) is 0 Å². The summed E-state index contributed by atoms with van der Waals surface area (Å²) in [5.41, 5.74) is 2.25. The lowest BCUT2D eigenvalue weighted by molar-refractivity contribution is 0.0771. The zero-order valence-corrected chi connectivity index (χ0v) is 13.7. The van der Waals surface area contributed by atoms with E-state index in [2.05, 4.69) is 22.0 Å². The molecule has 4 nitrogen and oxygen atoms in total. The first-order valence-corrected chi connectivity index (χ1v) is 8.01. The minimum atomic E-state index is -0.177.